The van der Waals surface area contributed by atoms with Crippen molar-refractivity contribution in [2.24, 2.45) is 5.92 Å². The van der Waals surface area contributed by atoms with Gasteiger partial charge in [0, 0.05) is 13.1 Å². The summed E-state index contributed by atoms with van der Waals surface area (Å²) in [6.07, 6.45) is 1.11. The van der Waals surface area contributed by atoms with E-state index in [4.69, 9.17) is 18.9 Å². The van der Waals surface area contributed by atoms with E-state index in [0.717, 1.165) is 12.8 Å². The molecular formula is C21H37NO7. The van der Waals surface area contributed by atoms with Crippen LogP contribution in [0.5, 0.6) is 0 Å². The number of hydrogen-bond donors (Lipinski definition) is 1. The molecule has 0 aromatic heterocycles. The van der Waals surface area contributed by atoms with E-state index in [2.05, 4.69) is 0 Å². The van der Waals surface area contributed by atoms with Crippen molar-refractivity contribution >= 4 is 11.9 Å². The number of esters is 2. The fourth-order valence-electron chi connectivity index (χ4n) is 3.73. The van der Waals surface area contributed by atoms with Gasteiger partial charge in [-0.05, 0) is 73.1 Å². The third-order valence-corrected chi connectivity index (χ3v) is 5.19. The Labute approximate surface area is 173 Å². The first-order valence-electron chi connectivity index (χ1n) is 10.8. The molecule has 0 bridgehead atoms. The summed E-state index contributed by atoms with van der Waals surface area (Å²) in [4.78, 5) is 26.0. The van der Waals surface area contributed by atoms with Crippen molar-refractivity contribution in [3.8, 4) is 0 Å². The SMILES string of the molecule is CCOC(=O)[C@H]1CC[C@H](OC(O)(OC(C)C(=O)OC(C)(C)C)N2CCCC2)CC1. The minimum absolute atomic E-state index is 0.128. The lowest BCUT2D eigenvalue weighted by molar-refractivity contribution is -0.448. The molecule has 8 heteroatoms. The molecule has 0 amide bonds. The summed E-state index contributed by atoms with van der Waals surface area (Å²) in [5, 5.41) is 11.2. The second-order valence-electron chi connectivity index (χ2n) is 8.88. The molecule has 2 fully saturated rings. The molecule has 2 atom stereocenters. The zero-order chi connectivity index (χ0) is 21.7. The predicted molar refractivity (Wildman–Crippen MR) is 106 cm³/mol. The van der Waals surface area contributed by atoms with Crippen LogP contribution in [0.3, 0.4) is 0 Å². The highest BCUT2D eigenvalue weighted by Crippen LogP contribution is 2.33. The van der Waals surface area contributed by atoms with Crippen LogP contribution in [0.25, 0.3) is 0 Å². The van der Waals surface area contributed by atoms with E-state index in [1.54, 1.807) is 39.5 Å². The number of aliphatic hydroxyl groups is 1. The second-order valence-corrected chi connectivity index (χ2v) is 8.88. The van der Waals surface area contributed by atoms with Gasteiger partial charge in [0.05, 0.1) is 18.6 Å². The van der Waals surface area contributed by atoms with E-state index in [-0.39, 0.29) is 18.0 Å². The molecule has 168 valence electrons. The van der Waals surface area contributed by atoms with Crippen molar-refractivity contribution in [1.29, 1.82) is 0 Å². The van der Waals surface area contributed by atoms with Crippen LogP contribution in [0.4, 0.5) is 0 Å². The molecule has 1 saturated heterocycles. The first kappa shape index (κ1) is 24.1. The zero-order valence-electron chi connectivity index (χ0n) is 18.4. The van der Waals surface area contributed by atoms with E-state index in [1.165, 1.54) is 0 Å². The summed E-state index contributed by atoms with van der Waals surface area (Å²) in [6.45, 7) is 10.3. The Balaban J connectivity index is 1.99. The molecule has 1 heterocycles. The fraction of sp³-hybridized carbons (Fsp3) is 0.905. The van der Waals surface area contributed by atoms with Gasteiger partial charge in [0.15, 0.2) is 6.10 Å². The molecule has 2 unspecified atom stereocenters. The summed E-state index contributed by atoms with van der Waals surface area (Å²) < 4.78 is 22.2. The number of carbonyl (C=O) groups is 2. The summed E-state index contributed by atoms with van der Waals surface area (Å²) >= 11 is 0. The Hall–Kier alpha value is -1.22. The van der Waals surface area contributed by atoms with Gasteiger partial charge in [0.1, 0.15) is 5.60 Å². The molecule has 1 N–H and O–H groups in total. The molecule has 0 aromatic rings. The van der Waals surface area contributed by atoms with Crippen molar-refractivity contribution in [3.05, 3.63) is 0 Å². The minimum Gasteiger partial charge on any atom is -0.466 e. The lowest BCUT2D eigenvalue weighted by Crippen LogP contribution is -2.56. The molecule has 1 saturated carbocycles. The molecule has 0 radical (unpaired) electrons. The average molecular weight is 416 g/mol. The number of carbonyl (C=O) groups excluding carboxylic acids is 2. The Bertz CT molecular complexity index is 548. The Morgan fingerprint density at radius 1 is 1.10 bits per heavy atom. The van der Waals surface area contributed by atoms with E-state index in [9.17, 15) is 14.7 Å². The molecule has 2 rings (SSSR count). The Morgan fingerprint density at radius 2 is 1.69 bits per heavy atom. The number of rotatable bonds is 8. The van der Waals surface area contributed by atoms with Gasteiger partial charge in [0.2, 0.25) is 0 Å². The summed E-state index contributed by atoms with van der Waals surface area (Å²) in [5.41, 5.74) is -0.646. The molecule has 29 heavy (non-hydrogen) atoms. The summed E-state index contributed by atoms with van der Waals surface area (Å²) in [7, 11) is 0. The quantitative estimate of drug-likeness (QED) is 0.477. The maximum absolute atomic E-state index is 12.3. The van der Waals surface area contributed by atoms with Crippen LogP contribution in [0.15, 0.2) is 0 Å². The van der Waals surface area contributed by atoms with Gasteiger partial charge in [-0.2, -0.15) is 0 Å². The highest BCUT2D eigenvalue weighted by Gasteiger charge is 2.45. The predicted octanol–water partition coefficient (Wildman–Crippen LogP) is 2.57. The third kappa shape index (κ3) is 7.20. The largest absolute Gasteiger partial charge is 0.466 e. The monoisotopic (exact) mass is 415 g/mol. The third-order valence-electron chi connectivity index (χ3n) is 5.19. The van der Waals surface area contributed by atoms with E-state index < -0.39 is 23.8 Å². The van der Waals surface area contributed by atoms with Crippen LogP contribution in [0.1, 0.15) is 73.1 Å². The average Bonchev–Trinajstić information content (AvgIpc) is 3.16. The molecule has 0 aromatic carbocycles. The van der Waals surface area contributed by atoms with Crippen LogP contribution in [0, 0.1) is 5.92 Å². The van der Waals surface area contributed by atoms with Crippen molar-refractivity contribution < 1.29 is 33.6 Å². The number of ether oxygens (including phenoxy) is 4. The van der Waals surface area contributed by atoms with Gasteiger partial charge < -0.3 is 19.3 Å². The zero-order valence-corrected chi connectivity index (χ0v) is 18.4. The lowest BCUT2D eigenvalue weighted by atomic mass is 9.87. The van der Waals surface area contributed by atoms with Crippen LogP contribution in [-0.4, -0.2) is 65.5 Å². The Morgan fingerprint density at radius 3 is 2.21 bits per heavy atom. The van der Waals surface area contributed by atoms with Gasteiger partial charge >= 0.3 is 18.0 Å². The van der Waals surface area contributed by atoms with Crippen LogP contribution in [-0.2, 0) is 28.5 Å². The molecule has 0 spiro atoms. The summed E-state index contributed by atoms with van der Waals surface area (Å²) in [6, 6.07) is 0. The first-order valence-corrected chi connectivity index (χ1v) is 10.8. The molecule has 8 nitrogen and oxygen atoms in total. The van der Waals surface area contributed by atoms with E-state index in [0.29, 0.717) is 45.4 Å². The lowest BCUT2D eigenvalue weighted by Gasteiger charge is -2.40. The smallest absolute Gasteiger partial charge is 0.352 e. The van der Waals surface area contributed by atoms with Crippen molar-refractivity contribution in [2.75, 3.05) is 19.7 Å². The Kier molecular flexibility index (Phi) is 8.46. The summed E-state index contributed by atoms with van der Waals surface area (Å²) in [5.74, 6) is -0.850. The molecule has 1 aliphatic carbocycles. The van der Waals surface area contributed by atoms with E-state index in [1.807, 2.05) is 0 Å². The van der Waals surface area contributed by atoms with Gasteiger partial charge in [-0.25, -0.2) is 9.69 Å². The van der Waals surface area contributed by atoms with Crippen molar-refractivity contribution in [3.63, 3.8) is 0 Å². The second kappa shape index (κ2) is 10.2. The van der Waals surface area contributed by atoms with Gasteiger partial charge in [0.25, 0.3) is 0 Å². The van der Waals surface area contributed by atoms with Crippen LogP contribution < -0.4 is 0 Å². The maximum Gasteiger partial charge on any atom is 0.352 e. The topological polar surface area (TPSA) is 94.5 Å². The number of likely N-dealkylation sites (tertiary alicyclic amines) is 1. The van der Waals surface area contributed by atoms with Gasteiger partial charge in [-0.3, -0.25) is 9.53 Å². The highest BCUT2D eigenvalue weighted by molar-refractivity contribution is 5.74. The normalized spacial score (nSPS) is 26.6. The van der Waals surface area contributed by atoms with Crippen LogP contribution in [0.2, 0.25) is 0 Å². The van der Waals surface area contributed by atoms with E-state index >= 15 is 0 Å². The minimum atomic E-state index is -1.99. The fourth-order valence-corrected chi connectivity index (χ4v) is 3.73. The maximum atomic E-state index is 12.3. The van der Waals surface area contributed by atoms with Gasteiger partial charge in [-0.15, -0.1) is 0 Å². The first-order chi connectivity index (χ1) is 13.5. The number of hydrogen-bond acceptors (Lipinski definition) is 8. The van der Waals surface area contributed by atoms with Gasteiger partial charge in [-0.1, -0.05) is 0 Å². The number of nitrogens with zero attached hydrogens (tertiary/aromatic N) is 1. The standard InChI is InChI=1S/C21H37NO7/c1-6-26-19(24)16-9-11-17(12-10-16)28-21(25,22-13-7-8-14-22)27-15(2)18(23)29-20(3,4)5/h15-17,25H,6-14H2,1-5H3/t15?,16-,17-,21?. The van der Waals surface area contributed by atoms with Crippen LogP contribution >= 0.6 is 0 Å². The van der Waals surface area contributed by atoms with Crippen molar-refractivity contribution in [1.82, 2.24) is 4.90 Å². The highest BCUT2D eigenvalue weighted by atomic mass is 16.9. The molecule has 1 aliphatic heterocycles. The molecular weight excluding hydrogens is 378 g/mol. The molecule has 2 aliphatic rings. The van der Waals surface area contributed by atoms with Crippen molar-refractivity contribution in [2.45, 2.75) is 97.0 Å².